The van der Waals surface area contributed by atoms with E-state index in [0.717, 1.165) is 38.8 Å². The minimum absolute atomic E-state index is 0.635. The summed E-state index contributed by atoms with van der Waals surface area (Å²) in [6.45, 7) is 1.88. The summed E-state index contributed by atoms with van der Waals surface area (Å²) in [5, 5.41) is 9.82. The summed E-state index contributed by atoms with van der Waals surface area (Å²) in [5.74, 6) is -0.635. The van der Waals surface area contributed by atoms with Crippen LogP contribution in [0.2, 0.25) is 0 Å². The van der Waals surface area contributed by atoms with Crippen LogP contribution in [0, 0.1) is 0 Å². The first-order chi connectivity index (χ1) is 9.22. The molecule has 3 heteroatoms. The van der Waals surface area contributed by atoms with Crippen molar-refractivity contribution in [3.63, 3.8) is 0 Å². The lowest BCUT2D eigenvalue weighted by Gasteiger charge is -2.45. The number of aliphatic carboxylic acids is 1. The Morgan fingerprint density at radius 3 is 2.47 bits per heavy atom. The highest BCUT2D eigenvalue weighted by molar-refractivity contribution is 5.80. The number of hydrogen-bond acceptors (Lipinski definition) is 2. The number of carboxylic acid groups (broad SMARTS) is 1. The number of piperidine rings is 1. The number of carboxylic acids is 1. The summed E-state index contributed by atoms with van der Waals surface area (Å²) < 4.78 is 0. The van der Waals surface area contributed by atoms with Gasteiger partial charge < -0.3 is 5.11 Å². The van der Waals surface area contributed by atoms with Crippen LogP contribution >= 0.6 is 0 Å². The van der Waals surface area contributed by atoms with Crippen molar-refractivity contribution in [1.82, 2.24) is 4.90 Å². The molecule has 102 valence electrons. The molecular formula is C16H21NO2. The molecule has 1 atom stereocenters. The van der Waals surface area contributed by atoms with Crippen molar-refractivity contribution in [3.05, 3.63) is 35.4 Å². The smallest absolute Gasteiger partial charge is 0.324 e. The van der Waals surface area contributed by atoms with E-state index in [1.807, 2.05) is 12.1 Å². The van der Waals surface area contributed by atoms with E-state index in [4.69, 9.17) is 0 Å². The number of likely N-dealkylation sites (tertiary alicyclic amines) is 1. The van der Waals surface area contributed by atoms with E-state index in [2.05, 4.69) is 17.0 Å². The normalized spacial score (nSPS) is 27.8. The standard InChI is InChI=1S/C16H21NO2/c18-15(19)16(17-10-4-1-5-11-17)9-8-13-6-2-3-7-14(13)12-16/h2-3,6-7H,1,4-5,8-12H2,(H,18,19). The third kappa shape index (κ3) is 2.16. The molecular weight excluding hydrogens is 238 g/mol. The highest BCUT2D eigenvalue weighted by atomic mass is 16.4. The zero-order valence-corrected chi connectivity index (χ0v) is 11.3. The molecule has 1 aliphatic heterocycles. The molecule has 1 N–H and O–H groups in total. The van der Waals surface area contributed by atoms with Gasteiger partial charge in [-0.15, -0.1) is 0 Å². The number of carbonyl (C=O) groups is 1. The fraction of sp³-hybridized carbons (Fsp3) is 0.562. The molecule has 1 aliphatic carbocycles. The number of fused-ring (bicyclic) bond motifs is 1. The van der Waals surface area contributed by atoms with Gasteiger partial charge in [0.2, 0.25) is 0 Å². The van der Waals surface area contributed by atoms with Gasteiger partial charge in [-0.2, -0.15) is 0 Å². The van der Waals surface area contributed by atoms with Gasteiger partial charge in [0.25, 0.3) is 0 Å². The molecule has 0 saturated carbocycles. The Morgan fingerprint density at radius 2 is 1.79 bits per heavy atom. The molecule has 3 rings (SSSR count). The number of nitrogens with zero attached hydrogens (tertiary/aromatic N) is 1. The molecule has 1 aromatic rings. The predicted octanol–water partition coefficient (Wildman–Crippen LogP) is 2.48. The van der Waals surface area contributed by atoms with Crippen LogP contribution in [0.4, 0.5) is 0 Å². The lowest BCUT2D eigenvalue weighted by atomic mass is 9.76. The monoisotopic (exact) mass is 259 g/mol. The Bertz CT molecular complexity index is 479. The molecule has 3 nitrogen and oxygen atoms in total. The maximum Gasteiger partial charge on any atom is 0.324 e. The minimum Gasteiger partial charge on any atom is -0.480 e. The zero-order valence-electron chi connectivity index (χ0n) is 11.3. The average Bonchev–Trinajstić information content (AvgIpc) is 2.47. The van der Waals surface area contributed by atoms with Gasteiger partial charge in [0, 0.05) is 6.42 Å². The average molecular weight is 259 g/mol. The summed E-state index contributed by atoms with van der Waals surface area (Å²) >= 11 is 0. The van der Waals surface area contributed by atoms with Gasteiger partial charge in [-0.3, -0.25) is 9.69 Å². The molecule has 2 aliphatic rings. The molecule has 1 saturated heterocycles. The number of benzene rings is 1. The number of hydrogen-bond donors (Lipinski definition) is 1. The highest BCUT2D eigenvalue weighted by Gasteiger charge is 2.46. The largest absolute Gasteiger partial charge is 0.480 e. The van der Waals surface area contributed by atoms with E-state index in [0.29, 0.717) is 6.42 Å². The summed E-state index contributed by atoms with van der Waals surface area (Å²) in [7, 11) is 0. The van der Waals surface area contributed by atoms with Crippen LogP contribution in [0.5, 0.6) is 0 Å². The van der Waals surface area contributed by atoms with Gasteiger partial charge in [-0.1, -0.05) is 30.7 Å². The van der Waals surface area contributed by atoms with Crippen LogP contribution in [0.3, 0.4) is 0 Å². The van der Waals surface area contributed by atoms with Gasteiger partial charge in [-0.25, -0.2) is 0 Å². The van der Waals surface area contributed by atoms with Gasteiger partial charge in [0.15, 0.2) is 0 Å². The molecule has 0 bridgehead atoms. The fourth-order valence-corrected chi connectivity index (χ4v) is 3.63. The Balaban J connectivity index is 1.93. The second kappa shape index (κ2) is 4.97. The first-order valence-corrected chi connectivity index (χ1v) is 7.28. The van der Waals surface area contributed by atoms with Gasteiger partial charge in [-0.05, 0) is 49.9 Å². The van der Waals surface area contributed by atoms with Crippen molar-refractivity contribution in [3.8, 4) is 0 Å². The Kier molecular flexibility index (Phi) is 3.31. The van der Waals surface area contributed by atoms with Crippen LogP contribution in [0.15, 0.2) is 24.3 Å². The van der Waals surface area contributed by atoms with Crippen LogP contribution in [-0.2, 0) is 17.6 Å². The maximum absolute atomic E-state index is 11.9. The van der Waals surface area contributed by atoms with Crippen molar-refractivity contribution in [2.24, 2.45) is 0 Å². The fourth-order valence-electron chi connectivity index (χ4n) is 3.63. The zero-order chi connectivity index (χ0) is 13.3. The van der Waals surface area contributed by atoms with E-state index < -0.39 is 11.5 Å². The Hall–Kier alpha value is -1.35. The van der Waals surface area contributed by atoms with E-state index in [-0.39, 0.29) is 0 Å². The lowest BCUT2D eigenvalue weighted by Crippen LogP contribution is -2.59. The first-order valence-electron chi connectivity index (χ1n) is 7.28. The molecule has 0 spiro atoms. The third-order valence-corrected chi connectivity index (χ3v) is 4.77. The molecule has 1 fully saturated rings. The van der Waals surface area contributed by atoms with Crippen LogP contribution in [0.25, 0.3) is 0 Å². The van der Waals surface area contributed by atoms with Crippen LogP contribution in [0.1, 0.15) is 36.8 Å². The summed E-state index contributed by atoms with van der Waals surface area (Å²) in [6.07, 6.45) is 5.81. The van der Waals surface area contributed by atoms with Crippen molar-refractivity contribution < 1.29 is 9.90 Å². The van der Waals surface area contributed by atoms with Gasteiger partial charge in [0.1, 0.15) is 5.54 Å². The van der Waals surface area contributed by atoms with Crippen molar-refractivity contribution >= 4 is 5.97 Å². The summed E-state index contributed by atoms with van der Waals surface area (Å²) in [4.78, 5) is 14.2. The molecule has 1 unspecified atom stereocenters. The molecule has 0 aromatic heterocycles. The molecule has 0 amide bonds. The van der Waals surface area contributed by atoms with E-state index in [1.165, 1.54) is 17.5 Å². The van der Waals surface area contributed by atoms with E-state index in [9.17, 15) is 9.90 Å². The molecule has 1 heterocycles. The van der Waals surface area contributed by atoms with E-state index >= 15 is 0 Å². The minimum atomic E-state index is -0.658. The first kappa shape index (κ1) is 12.7. The lowest BCUT2D eigenvalue weighted by molar-refractivity contribution is -0.153. The van der Waals surface area contributed by atoms with Crippen LogP contribution < -0.4 is 0 Å². The third-order valence-electron chi connectivity index (χ3n) is 4.77. The highest BCUT2D eigenvalue weighted by Crippen LogP contribution is 2.35. The number of rotatable bonds is 2. The van der Waals surface area contributed by atoms with Gasteiger partial charge in [0.05, 0.1) is 0 Å². The second-order valence-corrected chi connectivity index (χ2v) is 5.83. The topological polar surface area (TPSA) is 40.5 Å². The SMILES string of the molecule is O=C(O)C1(N2CCCCC2)CCc2ccccc2C1. The summed E-state index contributed by atoms with van der Waals surface area (Å²) in [5.41, 5.74) is 1.90. The summed E-state index contributed by atoms with van der Waals surface area (Å²) in [6, 6.07) is 8.30. The number of aryl methyl sites for hydroxylation is 1. The van der Waals surface area contributed by atoms with Crippen molar-refractivity contribution in [1.29, 1.82) is 0 Å². The maximum atomic E-state index is 11.9. The van der Waals surface area contributed by atoms with Gasteiger partial charge >= 0.3 is 5.97 Å². The molecule has 1 aromatic carbocycles. The Morgan fingerprint density at radius 1 is 1.11 bits per heavy atom. The van der Waals surface area contributed by atoms with Crippen molar-refractivity contribution in [2.75, 3.05) is 13.1 Å². The molecule has 19 heavy (non-hydrogen) atoms. The predicted molar refractivity (Wildman–Crippen MR) is 74.3 cm³/mol. The quantitative estimate of drug-likeness (QED) is 0.887. The second-order valence-electron chi connectivity index (χ2n) is 5.83. The molecule has 0 radical (unpaired) electrons. The Labute approximate surface area is 114 Å². The van der Waals surface area contributed by atoms with Crippen LogP contribution in [-0.4, -0.2) is 34.6 Å². The van der Waals surface area contributed by atoms with E-state index in [1.54, 1.807) is 0 Å². The van der Waals surface area contributed by atoms with Crippen molar-refractivity contribution in [2.45, 2.75) is 44.1 Å².